The van der Waals surface area contributed by atoms with Crippen LogP contribution in [0.1, 0.15) is 72.9 Å². The Balaban J connectivity index is 1.60. The number of aliphatic hydroxyl groups excluding tert-OH is 1. The molecule has 2 aromatic rings. The van der Waals surface area contributed by atoms with Gasteiger partial charge in [0.1, 0.15) is 11.6 Å². The quantitative estimate of drug-likeness (QED) is 0.423. The van der Waals surface area contributed by atoms with Crippen LogP contribution in [0.2, 0.25) is 0 Å². The number of nitrogens with zero attached hydrogens (tertiary/aromatic N) is 1. The van der Waals surface area contributed by atoms with E-state index in [9.17, 15) is 19.5 Å². The van der Waals surface area contributed by atoms with Gasteiger partial charge in [0.05, 0.1) is 30.1 Å². The summed E-state index contributed by atoms with van der Waals surface area (Å²) in [6.45, 7) is 13.9. The van der Waals surface area contributed by atoms with Crippen molar-refractivity contribution in [3.8, 4) is 0 Å². The smallest absolute Gasteiger partial charge is 0.246 e. The Bertz CT molecular complexity index is 1340. The third kappa shape index (κ3) is 5.02. The van der Waals surface area contributed by atoms with Gasteiger partial charge >= 0.3 is 0 Å². The van der Waals surface area contributed by atoms with Gasteiger partial charge in [-0.1, -0.05) is 76.2 Å². The molecule has 2 aromatic carbocycles. The van der Waals surface area contributed by atoms with Crippen LogP contribution in [0.3, 0.4) is 0 Å². The molecule has 0 radical (unpaired) electrons. The minimum atomic E-state index is -1.21. The molecule has 3 fully saturated rings. The highest BCUT2D eigenvalue weighted by atomic mass is 16.5. The van der Waals surface area contributed by atoms with Crippen molar-refractivity contribution >= 4 is 23.4 Å². The van der Waals surface area contributed by atoms with Gasteiger partial charge in [0.25, 0.3) is 0 Å². The minimum Gasteiger partial charge on any atom is -0.394 e. The van der Waals surface area contributed by atoms with Gasteiger partial charge in [0.15, 0.2) is 0 Å². The zero-order valence-corrected chi connectivity index (χ0v) is 25.8. The number of anilines is 1. The normalized spacial score (nSPS) is 31.1. The predicted molar refractivity (Wildman–Crippen MR) is 161 cm³/mol. The van der Waals surface area contributed by atoms with Crippen LogP contribution in [-0.2, 0) is 19.1 Å². The first-order valence-corrected chi connectivity index (χ1v) is 15.0. The third-order valence-corrected chi connectivity index (χ3v) is 9.45. The number of hydrogen-bond donors (Lipinski definition) is 3. The Kier molecular flexibility index (Phi) is 7.55. The second-order valence-electron chi connectivity index (χ2n) is 14.5. The molecule has 42 heavy (non-hydrogen) atoms. The Morgan fingerprint density at radius 2 is 1.62 bits per heavy atom. The lowest BCUT2D eigenvalue weighted by molar-refractivity contribution is -0.150. The number of carbonyl (C=O) groups is 3. The van der Waals surface area contributed by atoms with E-state index < -0.39 is 40.7 Å². The van der Waals surface area contributed by atoms with Crippen LogP contribution in [0.25, 0.3) is 0 Å². The van der Waals surface area contributed by atoms with Gasteiger partial charge < -0.3 is 25.4 Å². The Labute approximate surface area is 249 Å². The molecule has 8 heteroatoms. The number of aliphatic hydroxyl groups is 1. The average Bonchev–Trinajstić information content (AvgIpc) is 3.41. The van der Waals surface area contributed by atoms with E-state index in [0.717, 1.165) is 5.56 Å². The fourth-order valence-electron chi connectivity index (χ4n) is 8.25. The van der Waals surface area contributed by atoms with Gasteiger partial charge in [-0.25, -0.2) is 0 Å². The maximum atomic E-state index is 14.6. The molecule has 3 aliphatic heterocycles. The van der Waals surface area contributed by atoms with Crippen LogP contribution in [0.4, 0.5) is 5.69 Å². The van der Waals surface area contributed by atoms with Crippen LogP contribution in [-0.4, -0.2) is 57.1 Å². The maximum Gasteiger partial charge on any atom is 0.246 e. The molecule has 0 aromatic heterocycles. The molecule has 3 heterocycles. The van der Waals surface area contributed by atoms with Gasteiger partial charge in [-0.2, -0.15) is 0 Å². The molecule has 3 saturated heterocycles. The highest BCUT2D eigenvalue weighted by Crippen LogP contribution is 2.66. The Morgan fingerprint density at radius 1 is 1.02 bits per heavy atom. The van der Waals surface area contributed by atoms with Crippen molar-refractivity contribution in [3.63, 3.8) is 0 Å². The number of hydrogen-bond acceptors (Lipinski definition) is 5. The van der Waals surface area contributed by atoms with E-state index >= 15 is 0 Å². The zero-order chi connectivity index (χ0) is 30.7. The van der Waals surface area contributed by atoms with E-state index in [0.29, 0.717) is 18.5 Å². The molecule has 3 unspecified atom stereocenters. The predicted octanol–water partition coefficient (Wildman–Crippen LogP) is 4.70. The number of para-hydroxylation sites is 1. The second-order valence-corrected chi connectivity index (χ2v) is 14.5. The largest absolute Gasteiger partial charge is 0.394 e. The summed E-state index contributed by atoms with van der Waals surface area (Å²) in [5, 5.41) is 16.9. The first-order chi connectivity index (χ1) is 19.6. The van der Waals surface area contributed by atoms with Crippen molar-refractivity contribution in [1.82, 2.24) is 10.2 Å². The summed E-state index contributed by atoms with van der Waals surface area (Å²) in [7, 11) is 0. The van der Waals surface area contributed by atoms with Gasteiger partial charge in [-0.05, 0) is 62.6 Å². The molecule has 226 valence electrons. The summed E-state index contributed by atoms with van der Waals surface area (Å²) in [6.07, 6.45) is 1.16. The lowest BCUT2D eigenvalue weighted by Crippen LogP contribution is -2.60. The van der Waals surface area contributed by atoms with Gasteiger partial charge in [-0.15, -0.1) is 0 Å². The standard InChI is InChI=1S/C34H45N3O5/c1-21-18-34-26(25(33(21,7)42-34)28(39)35-23-16-12-9-13-17-23)30(41)37(24(19-38)22-14-10-8-11-15-22)27(34)29(40)36-32(5,6)20-31(2,3)4/h8-17,21,24-27,38H,18-20H2,1-7H3,(H,35,39)(H,36,40)/t21?,24-,25+,26+,27?,33-,34?/m1/s1. The summed E-state index contributed by atoms with van der Waals surface area (Å²) in [4.78, 5) is 44.7. The molecule has 5 rings (SSSR count). The lowest BCUT2D eigenvalue weighted by Gasteiger charge is -2.40. The van der Waals surface area contributed by atoms with E-state index in [1.54, 1.807) is 12.1 Å². The van der Waals surface area contributed by atoms with Crippen molar-refractivity contribution in [1.29, 1.82) is 0 Å². The summed E-state index contributed by atoms with van der Waals surface area (Å²) in [5.41, 5.74) is -1.42. The van der Waals surface area contributed by atoms with Gasteiger partial charge in [0, 0.05) is 11.2 Å². The number of nitrogens with one attached hydrogen (secondary N) is 2. The minimum absolute atomic E-state index is 0.0502. The number of amides is 3. The van der Waals surface area contributed by atoms with Gasteiger partial charge in [-0.3, -0.25) is 14.4 Å². The number of rotatable bonds is 8. The monoisotopic (exact) mass is 575 g/mol. The number of fused-ring (bicyclic) bond motifs is 1. The third-order valence-electron chi connectivity index (χ3n) is 9.45. The molecule has 1 spiro atoms. The molecule has 3 N–H and O–H groups in total. The molecule has 3 amide bonds. The van der Waals surface area contributed by atoms with Crippen molar-refractivity contribution in [2.75, 3.05) is 11.9 Å². The fraction of sp³-hybridized carbons (Fsp3) is 0.559. The number of carbonyl (C=O) groups excluding carboxylic acids is 3. The molecular formula is C34H45N3O5. The van der Waals surface area contributed by atoms with Crippen molar-refractivity contribution in [2.24, 2.45) is 23.2 Å². The van der Waals surface area contributed by atoms with E-state index in [1.165, 1.54) is 4.90 Å². The van der Waals surface area contributed by atoms with E-state index in [4.69, 9.17) is 4.74 Å². The lowest BCUT2D eigenvalue weighted by atomic mass is 9.62. The Morgan fingerprint density at radius 3 is 2.19 bits per heavy atom. The van der Waals surface area contributed by atoms with E-state index in [-0.39, 0.29) is 35.7 Å². The summed E-state index contributed by atoms with van der Waals surface area (Å²) >= 11 is 0. The highest BCUT2D eigenvalue weighted by Gasteiger charge is 2.80. The number of benzene rings is 2. The van der Waals surface area contributed by atoms with Crippen molar-refractivity contribution in [2.45, 2.75) is 90.1 Å². The number of likely N-dealkylation sites (tertiary alicyclic amines) is 1. The van der Waals surface area contributed by atoms with E-state index in [2.05, 4.69) is 31.4 Å². The zero-order valence-electron chi connectivity index (χ0n) is 25.8. The van der Waals surface area contributed by atoms with Crippen LogP contribution in [0, 0.1) is 23.2 Å². The van der Waals surface area contributed by atoms with Crippen molar-refractivity contribution in [3.05, 3.63) is 66.2 Å². The van der Waals surface area contributed by atoms with Crippen LogP contribution >= 0.6 is 0 Å². The summed E-state index contributed by atoms with van der Waals surface area (Å²) in [5.74, 6) is -2.74. The van der Waals surface area contributed by atoms with Crippen LogP contribution in [0.5, 0.6) is 0 Å². The van der Waals surface area contributed by atoms with Crippen LogP contribution in [0.15, 0.2) is 60.7 Å². The first kappa shape index (κ1) is 30.2. The number of ether oxygens (including phenoxy) is 1. The maximum absolute atomic E-state index is 14.6. The fourth-order valence-corrected chi connectivity index (χ4v) is 8.25. The van der Waals surface area contributed by atoms with Gasteiger partial charge in [0.2, 0.25) is 17.7 Å². The van der Waals surface area contributed by atoms with E-state index in [1.807, 2.05) is 76.2 Å². The SMILES string of the molecule is CC1CC23O[C@@]1(C)[C@H](C(=O)Nc1ccccc1)[C@H]2C(=O)N([C@H](CO)c1ccccc1)C3C(=O)NC(C)(C)CC(C)(C)C. The summed E-state index contributed by atoms with van der Waals surface area (Å²) in [6, 6.07) is 16.6. The molecule has 3 aliphatic rings. The highest BCUT2D eigenvalue weighted by molar-refractivity contribution is 6.02. The first-order valence-electron chi connectivity index (χ1n) is 15.0. The molecule has 0 aliphatic carbocycles. The molecule has 7 atom stereocenters. The summed E-state index contributed by atoms with van der Waals surface area (Å²) < 4.78 is 6.87. The molecule has 0 saturated carbocycles. The second kappa shape index (κ2) is 10.5. The Hall–Kier alpha value is -3.23. The average molecular weight is 576 g/mol. The van der Waals surface area contributed by atoms with Crippen molar-refractivity contribution < 1.29 is 24.2 Å². The van der Waals surface area contributed by atoms with Crippen LogP contribution < -0.4 is 10.6 Å². The molecular weight excluding hydrogens is 530 g/mol. The molecule has 8 nitrogen and oxygen atoms in total. The topological polar surface area (TPSA) is 108 Å². The molecule has 2 bridgehead atoms.